The summed E-state index contributed by atoms with van der Waals surface area (Å²) in [5.74, 6) is 0.0131. The van der Waals surface area contributed by atoms with Crippen LogP contribution in [0.4, 0.5) is 0 Å². The highest BCUT2D eigenvalue weighted by atomic mass is 16.1. The summed E-state index contributed by atoms with van der Waals surface area (Å²) in [7, 11) is 0. The van der Waals surface area contributed by atoms with Gasteiger partial charge in [0.25, 0.3) is 0 Å². The molecule has 6 nitrogen and oxygen atoms in total. The van der Waals surface area contributed by atoms with Gasteiger partial charge in [0.05, 0.1) is 18.4 Å². The second-order valence-electron chi connectivity index (χ2n) is 4.47. The van der Waals surface area contributed by atoms with E-state index in [-0.39, 0.29) is 5.91 Å². The van der Waals surface area contributed by atoms with Gasteiger partial charge in [0.15, 0.2) is 0 Å². The minimum atomic E-state index is 0.0131. The summed E-state index contributed by atoms with van der Waals surface area (Å²) in [6.45, 7) is 5.93. The van der Waals surface area contributed by atoms with Crippen LogP contribution in [0, 0.1) is 6.92 Å². The number of carbonyl (C=O) groups is 1. The minimum absolute atomic E-state index is 0.0131. The maximum Gasteiger partial charge on any atom is 0.222 e. The van der Waals surface area contributed by atoms with Gasteiger partial charge in [-0.2, -0.15) is 10.2 Å². The van der Waals surface area contributed by atoms with Crippen LogP contribution in [0.1, 0.15) is 24.6 Å². The summed E-state index contributed by atoms with van der Waals surface area (Å²) in [4.78, 5) is 11.7. The Kier molecular flexibility index (Phi) is 4.33. The Hall–Kier alpha value is -2.11. The molecule has 0 saturated carbocycles. The number of nitrogens with one attached hydrogen (secondary N) is 1. The van der Waals surface area contributed by atoms with E-state index in [9.17, 15) is 4.79 Å². The number of aromatic nitrogens is 4. The first-order valence-corrected chi connectivity index (χ1v) is 6.45. The largest absolute Gasteiger partial charge is 0.350 e. The van der Waals surface area contributed by atoms with Gasteiger partial charge in [0.2, 0.25) is 5.91 Å². The molecule has 0 fully saturated rings. The summed E-state index contributed by atoms with van der Waals surface area (Å²) in [5, 5.41) is 11.3. The first-order valence-electron chi connectivity index (χ1n) is 6.45. The average molecular weight is 261 g/mol. The van der Waals surface area contributed by atoms with Crippen molar-refractivity contribution in [3.63, 3.8) is 0 Å². The van der Waals surface area contributed by atoms with Crippen molar-refractivity contribution < 1.29 is 4.79 Å². The first kappa shape index (κ1) is 13.3. The molecule has 19 heavy (non-hydrogen) atoms. The first-order chi connectivity index (χ1) is 9.17. The number of amides is 1. The maximum atomic E-state index is 11.7. The fraction of sp³-hybridized carbons (Fsp3) is 0.462. The van der Waals surface area contributed by atoms with Crippen LogP contribution >= 0.6 is 0 Å². The van der Waals surface area contributed by atoms with Gasteiger partial charge in [-0.15, -0.1) is 0 Å². The fourth-order valence-electron chi connectivity index (χ4n) is 1.76. The lowest BCUT2D eigenvalue weighted by molar-refractivity contribution is -0.121. The molecular weight excluding hydrogens is 242 g/mol. The van der Waals surface area contributed by atoms with Crippen molar-refractivity contribution in [1.29, 1.82) is 0 Å². The number of hydrogen-bond acceptors (Lipinski definition) is 3. The highest BCUT2D eigenvalue weighted by molar-refractivity contribution is 5.75. The second kappa shape index (κ2) is 6.17. The molecule has 0 unspecified atom stereocenters. The van der Waals surface area contributed by atoms with E-state index >= 15 is 0 Å². The predicted molar refractivity (Wildman–Crippen MR) is 71.3 cm³/mol. The van der Waals surface area contributed by atoms with Crippen LogP contribution in [0.3, 0.4) is 0 Å². The van der Waals surface area contributed by atoms with Gasteiger partial charge >= 0.3 is 0 Å². The van der Waals surface area contributed by atoms with Gasteiger partial charge in [-0.25, -0.2) is 0 Å². The zero-order valence-corrected chi connectivity index (χ0v) is 11.3. The van der Waals surface area contributed by atoms with Crippen LogP contribution in [0.15, 0.2) is 24.7 Å². The van der Waals surface area contributed by atoms with Crippen molar-refractivity contribution in [2.45, 2.75) is 39.9 Å². The molecule has 2 aromatic heterocycles. The SMILES string of the molecule is CCn1ccc(CNC(=O)CCn2cc(C)cn2)n1. The van der Waals surface area contributed by atoms with Gasteiger partial charge in [0.1, 0.15) is 0 Å². The van der Waals surface area contributed by atoms with E-state index in [0.29, 0.717) is 19.5 Å². The van der Waals surface area contributed by atoms with Gasteiger partial charge in [-0.1, -0.05) is 0 Å². The minimum Gasteiger partial charge on any atom is -0.350 e. The number of aryl methyl sites for hydroxylation is 3. The molecule has 1 N–H and O–H groups in total. The van der Waals surface area contributed by atoms with E-state index in [2.05, 4.69) is 15.5 Å². The van der Waals surface area contributed by atoms with Crippen molar-refractivity contribution in [3.05, 3.63) is 35.9 Å². The summed E-state index contributed by atoms with van der Waals surface area (Å²) in [6, 6.07) is 1.92. The lowest BCUT2D eigenvalue weighted by atomic mass is 10.3. The maximum absolute atomic E-state index is 11.7. The molecule has 2 rings (SSSR count). The molecule has 0 atom stereocenters. The van der Waals surface area contributed by atoms with Crippen molar-refractivity contribution in [2.75, 3.05) is 0 Å². The molecule has 0 aliphatic carbocycles. The second-order valence-corrected chi connectivity index (χ2v) is 4.47. The standard InChI is InChI=1S/C13H19N5O/c1-3-17-6-4-12(16-17)9-14-13(19)5-7-18-10-11(2)8-15-18/h4,6,8,10H,3,5,7,9H2,1-2H3,(H,14,19). The molecule has 6 heteroatoms. The number of nitrogens with zero attached hydrogens (tertiary/aromatic N) is 4. The Labute approximate surface area is 112 Å². The van der Waals surface area contributed by atoms with Crippen LogP contribution in [-0.2, 0) is 24.4 Å². The van der Waals surface area contributed by atoms with Gasteiger partial charge in [-0.3, -0.25) is 14.2 Å². The molecule has 0 aliphatic heterocycles. The van der Waals surface area contributed by atoms with Crippen molar-refractivity contribution >= 4 is 5.91 Å². The zero-order valence-electron chi connectivity index (χ0n) is 11.3. The summed E-state index contributed by atoms with van der Waals surface area (Å²) in [5.41, 5.74) is 1.98. The van der Waals surface area contributed by atoms with Gasteiger partial charge in [-0.05, 0) is 25.5 Å². The van der Waals surface area contributed by atoms with E-state index in [0.717, 1.165) is 17.8 Å². The molecule has 1 amide bonds. The van der Waals surface area contributed by atoms with E-state index in [1.54, 1.807) is 10.9 Å². The fourth-order valence-corrected chi connectivity index (χ4v) is 1.76. The van der Waals surface area contributed by atoms with Crippen LogP contribution < -0.4 is 5.32 Å². The molecule has 0 aliphatic rings. The monoisotopic (exact) mass is 261 g/mol. The Bertz CT molecular complexity index is 543. The summed E-state index contributed by atoms with van der Waals surface area (Å²) < 4.78 is 3.62. The Morgan fingerprint density at radius 1 is 1.42 bits per heavy atom. The average Bonchev–Trinajstić information content (AvgIpc) is 3.02. The van der Waals surface area contributed by atoms with E-state index in [4.69, 9.17) is 0 Å². The molecule has 0 bridgehead atoms. The molecule has 0 aromatic carbocycles. The van der Waals surface area contributed by atoms with Crippen LogP contribution in [-0.4, -0.2) is 25.5 Å². The smallest absolute Gasteiger partial charge is 0.222 e. The lowest BCUT2D eigenvalue weighted by Gasteiger charge is -2.03. The molecule has 0 radical (unpaired) electrons. The third-order valence-electron chi connectivity index (χ3n) is 2.82. The zero-order chi connectivity index (χ0) is 13.7. The van der Waals surface area contributed by atoms with Crippen molar-refractivity contribution in [2.24, 2.45) is 0 Å². The molecule has 0 spiro atoms. The van der Waals surface area contributed by atoms with E-state index < -0.39 is 0 Å². The van der Waals surface area contributed by atoms with Crippen molar-refractivity contribution in [1.82, 2.24) is 24.9 Å². The molecular formula is C13H19N5O. The van der Waals surface area contributed by atoms with Gasteiger partial charge < -0.3 is 5.32 Å². The molecule has 102 valence electrons. The molecule has 2 aromatic rings. The van der Waals surface area contributed by atoms with Gasteiger partial charge in [0, 0.05) is 31.9 Å². The topological polar surface area (TPSA) is 64.7 Å². The predicted octanol–water partition coefficient (Wildman–Crippen LogP) is 1.11. The van der Waals surface area contributed by atoms with Crippen LogP contribution in [0.2, 0.25) is 0 Å². The molecule has 2 heterocycles. The van der Waals surface area contributed by atoms with Crippen molar-refractivity contribution in [3.8, 4) is 0 Å². The number of carbonyl (C=O) groups excluding carboxylic acids is 1. The highest BCUT2D eigenvalue weighted by Gasteiger charge is 2.04. The highest BCUT2D eigenvalue weighted by Crippen LogP contribution is 1.98. The van der Waals surface area contributed by atoms with E-state index in [1.165, 1.54) is 0 Å². The third-order valence-corrected chi connectivity index (χ3v) is 2.82. The quantitative estimate of drug-likeness (QED) is 0.847. The number of hydrogen-bond donors (Lipinski definition) is 1. The summed E-state index contributed by atoms with van der Waals surface area (Å²) >= 11 is 0. The van der Waals surface area contributed by atoms with Crippen LogP contribution in [0.5, 0.6) is 0 Å². The Morgan fingerprint density at radius 3 is 2.89 bits per heavy atom. The summed E-state index contributed by atoms with van der Waals surface area (Å²) in [6.07, 6.45) is 6.05. The molecule has 0 saturated heterocycles. The van der Waals surface area contributed by atoms with E-state index in [1.807, 2.05) is 37.0 Å². The number of rotatable bonds is 6. The lowest BCUT2D eigenvalue weighted by Crippen LogP contribution is -2.24. The normalized spacial score (nSPS) is 10.6. The van der Waals surface area contributed by atoms with Crippen LogP contribution in [0.25, 0.3) is 0 Å². The Morgan fingerprint density at radius 2 is 2.26 bits per heavy atom. The third kappa shape index (κ3) is 3.94. The Balaban J connectivity index is 1.72.